The Hall–Kier alpha value is -0.320. The average molecular weight is 232 g/mol. The third-order valence-electron chi connectivity index (χ3n) is 1.59. The smallest absolute Gasteiger partial charge is 0.140 e. The minimum atomic E-state index is 0.520. The van der Waals surface area contributed by atoms with Crippen LogP contribution in [0.5, 0.6) is 0 Å². The number of nitrogens with zero attached hydrogens (tertiary/aromatic N) is 2. The van der Waals surface area contributed by atoms with E-state index in [0.29, 0.717) is 5.15 Å². The van der Waals surface area contributed by atoms with Crippen LogP contribution in [0.25, 0.3) is 0 Å². The van der Waals surface area contributed by atoms with Crippen molar-refractivity contribution >= 4 is 23.4 Å². The summed E-state index contributed by atoms with van der Waals surface area (Å²) in [7, 11) is 0. The van der Waals surface area contributed by atoms with Gasteiger partial charge in [0, 0.05) is 5.69 Å². The topological polar surface area (TPSA) is 51.8 Å². The maximum absolute atomic E-state index is 5.81. The fraction of sp³-hybridized carbons (Fsp3) is 0.556. The van der Waals surface area contributed by atoms with Gasteiger partial charge < -0.3 is 5.73 Å². The summed E-state index contributed by atoms with van der Waals surface area (Å²) in [5, 5.41) is 0.520. The van der Waals surface area contributed by atoms with Crippen LogP contribution in [0.1, 0.15) is 17.9 Å². The van der Waals surface area contributed by atoms with Gasteiger partial charge in [0.15, 0.2) is 0 Å². The van der Waals surface area contributed by atoms with Crippen LogP contribution in [-0.2, 0) is 5.75 Å². The van der Waals surface area contributed by atoms with E-state index >= 15 is 0 Å². The van der Waals surface area contributed by atoms with Crippen molar-refractivity contribution in [2.45, 2.75) is 19.1 Å². The molecule has 1 aromatic rings. The van der Waals surface area contributed by atoms with E-state index in [1.54, 1.807) is 17.8 Å². The lowest BCUT2D eigenvalue weighted by atomic mass is 10.4. The summed E-state index contributed by atoms with van der Waals surface area (Å²) in [5.74, 6) is 2.66. The van der Waals surface area contributed by atoms with Crippen molar-refractivity contribution in [2.24, 2.45) is 5.73 Å². The van der Waals surface area contributed by atoms with Crippen molar-refractivity contribution in [3.63, 3.8) is 0 Å². The highest BCUT2D eigenvalue weighted by molar-refractivity contribution is 7.98. The molecule has 78 valence electrons. The molecule has 0 fully saturated rings. The molecule has 0 aromatic carbocycles. The zero-order chi connectivity index (χ0) is 10.4. The van der Waals surface area contributed by atoms with E-state index in [2.05, 4.69) is 9.97 Å². The number of hydrogen-bond acceptors (Lipinski definition) is 4. The Morgan fingerprint density at radius 3 is 2.93 bits per heavy atom. The Balaban J connectivity index is 2.42. The Labute approximate surface area is 93.5 Å². The van der Waals surface area contributed by atoms with Gasteiger partial charge in [-0.1, -0.05) is 11.6 Å². The van der Waals surface area contributed by atoms with Crippen molar-refractivity contribution in [1.82, 2.24) is 9.97 Å². The highest BCUT2D eigenvalue weighted by Gasteiger charge is 2.00. The second-order valence-corrected chi connectivity index (χ2v) is 4.44. The third-order valence-corrected chi connectivity index (χ3v) is 2.83. The number of hydrogen-bond donors (Lipinski definition) is 1. The fourth-order valence-electron chi connectivity index (χ4n) is 1.00. The molecule has 0 radical (unpaired) electrons. The maximum atomic E-state index is 5.81. The Morgan fingerprint density at radius 2 is 2.29 bits per heavy atom. The quantitative estimate of drug-likeness (QED) is 0.622. The molecule has 0 aliphatic heterocycles. The van der Waals surface area contributed by atoms with E-state index in [1.165, 1.54) is 0 Å². The van der Waals surface area contributed by atoms with Crippen molar-refractivity contribution in [3.05, 3.63) is 22.7 Å². The molecule has 14 heavy (non-hydrogen) atoms. The van der Waals surface area contributed by atoms with Crippen molar-refractivity contribution in [3.8, 4) is 0 Å². The molecular formula is C9H14ClN3S. The molecule has 1 heterocycles. The summed E-state index contributed by atoms with van der Waals surface area (Å²) in [6.45, 7) is 2.66. The van der Waals surface area contributed by atoms with E-state index < -0.39 is 0 Å². The van der Waals surface area contributed by atoms with E-state index in [9.17, 15) is 0 Å². The number of rotatable bonds is 5. The normalized spacial score (nSPS) is 10.5. The van der Waals surface area contributed by atoms with Gasteiger partial charge in [0.25, 0.3) is 0 Å². The molecule has 3 nitrogen and oxygen atoms in total. The number of nitrogens with two attached hydrogens (primary N) is 1. The first-order valence-corrected chi connectivity index (χ1v) is 6.03. The standard InChI is InChI=1S/C9H14ClN3S/c1-7-5-8(10)13-9(12-7)6-14-4-2-3-11/h5H,2-4,6,11H2,1H3. The zero-order valence-electron chi connectivity index (χ0n) is 8.16. The summed E-state index contributed by atoms with van der Waals surface area (Å²) in [6, 6.07) is 1.76. The first kappa shape index (κ1) is 11.8. The van der Waals surface area contributed by atoms with Crippen molar-refractivity contribution in [1.29, 1.82) is 0 Å². The number of aryl methyl sites for hydroxylation is 1. The Kier molecular flexibility index (Phi) is 5.22. The molecule has 0 saturated carbocycles. The number of thioether (sulfide) groups is 1. The van der Waals surface area contributed by atoms with E-state index in [1.807, 2.05) is 6.92 Å². The molecule has 1 aromatic heterocycles. The van der Waals surface area contributed by atoms with Gasteiger partial charge in [-0.15, -0.1) is 0 Å². The molecule has 0 bridgehead atoms. The molecule has 0 saturated heterocycles. The van der Waals surface area contributed by atoms with Gasteiger partial charge in [0.2, 0.25) is 0 Å². The van der Waals surface area contributed by atoms with Gasteiger partial charge >= 0.3 is 0 Å². The van der Waals surface area contributed by atoms with Crippen molar-refractivity contribution in [2.75, 3.05) is 12.3 Å². The molecule has 1 rings (SSSR count). The Morgan fingerprint density at radius 1 is 1.50 bits per heavy atom. The summed E-state index contributed by atoms with van der Waals surface area (Å²) in [5.41, 5.74) is 6.31. The first-order valence-electron chi connectivity index (χ1n) is 4.50. The highest BCUT2D eigenvalue weighted by atomic mass is 35.5. The molecule has 0 atom stereocenters. The average Bonchev–Trinajstić information content (AvgIpc) is 2.11. The lowest BCUT2D eigenvalue weighted by molar-refractivity contribution is 0.938. The van der Waals surface area contributed by atoms with Crippen LogP contribution in [-0.4, -0.2) is 22.3 Å². The molecule has 0 spiro atoms. The Bertz CT molecular complexity index is 273. The van der Waals surface area contributed by atoms with Gasteiger partial charge in [-0.05, 0) is 31.7 Å². The third kappa shape index (κ3) is 4.26. The number of halogens is 1. The maximum Gasteiger partial charge on any atom is 0.140 e. The van der Waals surface area contributed by atoms with E-state index in [4.69, 9.17) is 17.3 Å². The first-order chi connectivity index (χ1) is 6.72. The zero-order valence-corrected chi connectivity index (χ0v) is 9.74. The summed E-state index contributed by atoms with van der Waals surface area (Å²) < 4.78 is 0. The minimum Gasteiger partial charge on any atom is -0.330 e. The van der Waals surface area contributed by atoms with Crippen LogP contribution in [0.3, 0.4) is 0 Å². The van der Waals surface area contributed by atoms with E-state index in [-0.39, 0.29) is 0 Å². The highest BCUT2D eigenvalue weighted by Crippen LogP contribution is 2.12. The molecule has 0 aliphatic rings. The fourth-order valence-corrected chi connectivity index (χ4v) is 2.08. The van der Waals surface area contributed by atoms with Gasteiger partial charge in [0.1, 0.15) is 11.0 Å². The van der Waals surface area contributed by atoms with Gasteiger partial charge in [-0.3, -0.25) is 0 Å². The van der Waals surface area contributed by atoms with Gasteiger partial charge in [0.05, 0.1) is 5.75 Å². The van der Waals surface area contributed by atoms with Crippen LogP contribution in [0.15, 0.2) is 6.07 Å². The summed E-state index contributed by atoms with van der Waals surface area (Å²) in [6.07, 6.45) is 1.03. The molecule has 0 unspecified atom stereocenters. The number of aromatic nitrogens is 2. The van der Waals surface area contributed by atoms with Crippen LogP contribution in [0.4, 0.5) is 0 Å². The van der Waals surface area contributed by atoms with Crippen LogP contribution in [0, 0.1) is 6.92 Å². The summed E-state index contributed by atoms with van der Waals surface area (Å²) >= 11 is 7.59. The molecule has 0 aliphatic carbocycles. The minimum absolute atomic E-state index is 0.520. The predicted molar refractivity (Wildman–Crippen MR) is 61.6 cm³/mol. The van der Waals surface area contributed by atoms with Crippen LogP contribution < -0.4 is 5.73 Å². The van der Waals surface area contributed by atoms with Crippen molar-refractivity contribution < 1.29 is 0 Å². The monoisotopic (exact) mass is 231 g/mol. The van der Waals surface area contributed by atoms with Gasteiger partial charge in [-0.25, -0.2) is 9.97 Å². The molecule has 0 amide bonds. The second kappa shape index (κ2) is 6.22. The lowest BCUT2D eigenvalue weighted by Gasteiger charge is -2.01. The summed E-state index contributed by atoms with van der Waals surface area (Å²) in [4.78, 5) is 8.42. The predicted octanol–water partition coefficient (Wildman–Crippen LogP) is 2.02. The van der Waals surface area contributed by atoms with Gasteiger partial charge in [-0.2, -0.15) is 11.8 Å². The molecule has 5 heteroatoms. The molecule has 2 N–H and O–H groups in total. The second-order valence-electron chi connectivity index (χ2n) is 2.94. The van der Waals surface area contributed by atoms with Crippen LogP contribution in [0.2, 0.25) is 5.15 Å². The SMILES string of the molecule is Cc1cc(Cl)nc(CSCCCN)n1. The van der Waals surface area contributed by atoms with Crippen LogP contribution >= 0.6 is 23.4 Å². The van der Waals surface area contributed by atoms with E-state index in [0.717, 1.165) is 36.0 Å². The lowest BCUT2D eigenvalue weighted by Crippen LogP contribution is -2.00. The largest absolute Gasteiger partial charge is 0.330 e. The molecular weight excluding hydrogens is 218 g/mol.